The van der Waals surface area contributed by atoms with Crippen LogP contribution >= 0.6 is 0 Å². The fourth-order valence-corrected chi connectivity index (χ4v) is 32.1. The van der Waals surface area contributed by atoms with Crippen molar-refractivity contribution < 1.29 is 32.7 Å². The summed E-state index contributed by atoms with van der Waals surface area (Å²) in [4.78, 5) is 0. The van der Waals surface area contributed by atoms with E-state index >= 15 is 0 Å². The molecule has 0 aliphatic carbocycles. The Bertz CT molecular complexity index is 449. The fourth-order valence-electron chi connectivity index (χ4n) is 5.44. The fraction of sp³-hybridized carbons (Fsp3) is 1.00. The Morgan fingerprint density at radius 1 is 0.359 bits per heavy atom. The Morgan fingerprint density at radius 3 is 0.795 bits per heavy atom. The van der Waals surface area contributed by atoms with Crippen LogP contribution in [0.5, 0.6) is 0 Å². The quantitative estimate of drug-likeness (QED) is 0.0564. The van der Waals surface area contributed by atoms with Gasteiger partial charge >= 0.3 is 257 Å². The van der Waals surface area contributed by atoms with Crippen LogP contribution in [0.3, 0.4) is 0 Å². The van der Waals surface area contributed by atoms with E-state index in [-0.39, 0.29) is 0 Å². The Kier molecular flexibility index (Phi) is 26.4. The summed E-state index contributed by atoms with van der Waals surface area (Å²) < 4.78 is 29.5. The summed E-state index contributed by atoms with van der Waals surface area (Å²) >= 11 is -4.34. The molecular weight excluding hydrogens is 596 g/mol. The van der Waals surface area contributed by atoms with E-state index in [1.807, 2.05) is 0 Å². The molecule has 0 rings (SSSR count). The van der Waals surface area contributed by atoms with Crippen LogP contribution in [0.25, 0.3) is 0 Å². The van der Waals surface area contributed by atoms with E-state index in [1.54, 1.807) is 0 Å². The van der Waals surface area contributed by atoms with Crippen molar-refractivity contribution in [3.05, 3.63) is 0 Å². The molecular formula is C32H72O4Si2Zr. The first-order valence-electron chi connectivity index (χ1n) is 17.6. The van der Waals surface area contributed by atoms with Crippen molar-refractivity contribution in [1.82, 2.24) is 0 Å². The average Bonchev–Trinajstić information content (AvgIpc) is 2.94. The van der Waals surface area contributed by atoms with Gasteiger partial charge in [0.25, 0.3) is 0 Å². The molecule has 0 bridgehead atoms. The van der Waals surface area contributed by atoms with E-state index in [2.05, 4.69) is 55.4 Å². The zero-order valence-electron chi connectivity index (χ0n) is 28.1. The zero-order chi connectivity index (χ0) is 29.3. The Labute approximate surface area is 255 Å². The molecule has 0 amide bonds. The van der Waals surface area contributed by atoms with Gasteiger partial charge in [0.15, 0.2) is 0 Å². The molecule has 0 spiro atoms. The summed E-state index contributed by atoms with van der Waals surface area (Å²) in [5.74, 6) is 0. The van der Waals surface area contributed by atoms with Gasteiger partial charge in [0.1, 0.15) is 0 Å². The minimum absolute atomic E-state index is 0.734. The van der Waals surface area contributed by atoms with Gasteiger partial charge in [-0.15, -0.1) is 0 Å². The van der Waals surface area contributed by atoms with E-state index in [1.165, 1.54) is 113 Å². The van der Waals surface area contributed by atoms with Gasteiger partial charge in [0.05, 0.1) is 0 Å². The molecule has 0 saturated carbocycles. The Morgan fingerprint density at radius 2 is 0.590 bits per heavy atom. The molecule has 39 heavy (non-hydrogen) atoms. The molecule has 0 aliphatic rings. The second-order valence-electron chi connectivity index (χ2n) is 12.1. The Hall–Kier alpha value is 1.16. The van der Waals surface area contributed by atoms with Crippen LogP contribution in [0, 0.1) is 0 Å². The van der Waals surface area contributed by atoms with Crippen LogP contribution in [-0.4, -0.2) is 29.8 Å². The van der Waals surface area contributed by atoms with Crippen molar-refractivity contribution in [2.24, 2.45) is 0 Å². The van der Waals surface area contributed by atoms with E-state index in [9.17, 15) is 0 Å². The number of hydrogen-bond donors (Lipinski definition) is 0. The van der Waals surface area contributed by atoms with Crippen molar-refractivity contribution in [1.29, 1.82) is 0 Å². The monoisotopic (exact) mass is 666 g/mol. The standard InChI is InChI=1S/2C12H27OSi.2C4H9O.Zr/c2*1-4-7-10-14(13,11-8-5-2)12-9-6-3;2*1-2-3-4-5;/h2*4-12H2,1-3H3;2*2-4H2,1H3;/q4*-1;+4. The number of rotatable bonds is 30. The predicted molar refractivity (Wildman–Crippen MR) is 174 cm³/mol. The van der Waals surface area contributed by atoms with Gasteiger partial charge in [-0.25, -0.2) is 0 Å². The predicted octanol–water partition coefficient (Wildman–Crippen LogP) is 12.2. The Balaban J connectivity index is 6.80. The third-order valence-electron chi connectivity index (χ3n) is 8.15. The second kappa shape index (κ2) is 25.6. The maximum absolute atomic E-state index is 7.74. The van der Waals surface area contributed by atoms with Gasteiger partial charge in [-0.2, -0.15) is 0 Å². The SMILES string of the molecule is CCCC[O][Zr]([O]CCCC)([O][Si](CCCC)(CCCC)CCCC)[O][Si](CCCC)(CCCC)CCCC. The number of unbranched alkanes of at least 4 members (excludes halogenated alkanes) is 8. The molecule has 0 saturated heterocycles. The second-order valence-corrected chi connectivity index (χ2v) is 27.1. The molecule has 236 valence electrons. The van der Waals surface area contributed by atoms with Crippen molar-refractivity contribution in [3.63, 3.8) is 0 Å². The summed E-state index contributed by atoms with van der Waals surface area (Å²) in [5, 5.41) is 0. The topological polar surface area (TPSA) is 36.9 Å². The molecule has 4 nitrogen and oxygen atoms in total. The summed E-state index contributed by atoms with van der Waals surface area (Å²) in [6.07, 6.45) is 19.3. The molecule has 7 heteroatoms. The van der Waals surface area contributed by atoms with E-state index < -0.39 is 38.7 Å². The van der Waals surface area contributed by atoms with E-state index in [0.717, 1.165) is 38.9 Å². The molecule has 0 atom stereocenters. The van der Waals surface area contributed by atoms with Gasteiger partial charge in [0.2, 0.25) is 0 Å². The summed E-state index contributed by atoms with van der Waals surface area (Å²) in [7, 11) is -4.13. The molecule has 0 unspecified atom stereocenters. The zero-order valence-corrected chi connectivity index (χ0v) is 32.6. The van der Waals surface area contributed by atoms with Crippen LogP contribution in [0.2, 0.25) is 36.3 Å². The van der Waals surface area contributed by atoms with Crippen LogP contribution in [0.4, 0.5) is 0 Å². The van der Waals surface area contributed by atoms with Gasteiger partial charge < -0.3 is 0 Å². The summed E-state index contributed by atoms with van der Waals surface area (Å²) in [5.41, 5.74) is 0. The third kappa shape index (κ3) is 17.8. The first kappa shape index (κ1) is 40.2. The van der Waals surface area contributed by atoms with Crippen molar-refractivity contribution in [3.8, 4) is 0 Å². The van der Waals surface area contributed by atoms with Gasteiger partial charge in [0, 0.05) is 0 Å². The first-order valence-corrected chi connectivity index (χ1v) is 26.7. The summed E-state index contributed by atoms with van der Waals surface area (Å²) in [6.45, 7) is 20.0. The molecule has 0 aromatic heterocycles. The van der Waals surface area contributed by atoms with E-state index in [4.69, 9.17) is 10.6 Å². The minimum atomic E-state index is -4.34. The van der Waals surface area contributed by atoms with Crippen molar-refractivity contribution in [2.75, 3.05) is 13.2 Å². The van der Waals surface area contributed by atoms with Crippen LogP contribution in [0.1, 0.15) is 158 Å². The van der Waals surface area contributed by atoms with Crippen molar-refractivity contribution in [2.45, 2.75) is 194 Å². The van der Waals surface area contributed by atoms with E-state index in [0.29, 0.717) is 0 Å². The molecule has 0 aromatic rings. The molecule has 0 aliphatic heterocycles. The maximum atomic E-state index is 7.74. The average molecular weight is 668 g/mol. The van der Waals surface area contributed by atoms with Crippen molar-refractivity contribution >= 4 is 16.6 Å². The molecule has 0 radical (unpaired) electrons. The van der Waals surface area contributed by atoms with Gasteiger partial charge in [-0.1, -0.05) is 0 Å². The van der Waals surface area contributed by atoms with Gasteiger partial charge in [-0.05, 0) is 0 Å². The van der Waals surface area contributed by atoms with Crippen LogP contribution in [-0.2, 0) is 32.7 Å². The number of hydrogen-bond acceptors (Lipinski definition) is 4. The third-order valence-corrected chi connectivity index (χ3v) is 29.9. The van der Waals surface area contributed by atoms with Gasteiger partial charge in [-0.3, -0.25) is 0 Å². The summed E-state index contributed by atoms with van der Waals surface area (Å²) in [6, 6.07) is 7.46. The molecule has 0 heterocycles. The van der Waals surface area contributed by atoms with Crippen LogP contribution < -0.4 is 0 Å². The normalized spacial score (nSPS) is 12.9. The molecule has 0 aromatic carbocycles. The van der Waals surface area contributed by atoms with Crippen LogP contribution in [0.15, 0.2) is 0 Å². The first-order chi connectivity index (χ1) is 18.9. The molecule has 0 N–H and O–H groups in total. The molecule has 0 fully saturated rings.